The summed E-state index contributed by atoms with van der Waals surface area (Å²) in [6.45, 7) is 4.16. The summed E-state index contributed by atoms with van der Waals surface area (Å²) in [4.78, 5) is 27.9. The topological polar surface area (TPSA) is 60.9 Å². The number of amides is 2. The van der Waals surface area contributed by atoms with Crippen LogP contribution in [0.1, 0.15) is 31.7 Å². The van der Waals surface area contributed by atoms with Gasteiger partial charge >= 0.3 is 0 Å². The SMILES string of the molecule is C[C@@H](O)C(=O)N1CCC2(CC1)CC(=O)N(C/C=C/c1ccccc1)C2. The number of carbonyl (C=O) groups excluding carboxylic acids is 2. The van der Waals surface area contributed by atoms with Gasteiger partial charge in [-0.05, 0) is 25.3 Å². The van der Waals surface area contributed by atoms with Crippen LogP contribution in [0.4, 0.5) is 0 Å². The number of carbonyl (C=O) groups is 2. The molecule has 5 nitrogen and oxygen atoms in total. The van der Waals surface area contributed by atoms with Crippen molar-refractivity contribution in [2.24, 2.45) is 5.41 Å². The van der Waals surface area contributed by atoms with Crippen molar-refractivity contribution in [1.29, 1.82) is 0 Å². The summed E-state index contributed by atoms with van der Waals surface area (Å²) < 4.78 is 0. The minimum atomic E-state index is -0.945. The molecule has 1 spiro atoms. The summed E-state index contributed by atoms with van der Waals surface area (Å²) in [5, 5.41) is 9.44. The van der Waals surface area contributed by atoms with Crippen LogP contribution < -0.4 is 0 Å². The Morgan fingerprint density at radius 1 is 1.28 bits per heavy atom. The van der Waals surface area contributed by atoms with E-state index in [0.29, 0.717) is 26.1 Å². The van der Waals surface area contributed by atoms with Crippen molar-refractivity contribution >= 4 is 17.9 Å². The van der Waals surface area contributed by atoms with Crippen molar-refractivity contribution < 1.29 is 14.7 Å². The highest BCUT2D eigenvalue weighted by Crippen LogP contribution is 2.41. The van der Waals surface area contributed by atoms with Crippen molar-refractivity contribution in [2.75, 3.05) is 26.2 Å². The van der Waals surface area contributed by atoms with E-state index in [1.165, 1.54) is 6.92 Å². The summed E-state index contributed by atoms with van der Waals surface area (Å²) in [5.74, 6) is -0.00478. The number of nitrogens with zero attached hydrogens (tertiary/aromatic N) is 2. The van der Waals surface area contributed by atoms with Gasteiger partial charge in [0.15, 0.2) is 0 Å². The lowest BCUT2D eigenvalue weighted by Crippen LogP contribution is -2.47. The quantitative estimate of drug-likeness (QED) is 0.909. The second kappa shape index (κ2) is 7.40. The van der Waals surface area contributed by atoms with E-state index < -0.39 is 6.10 Å². The standard InChI is InChI=1S/C20H26N2O3/c1-16(23)19(25)21-12-9-20(10-13-21)14-18(24)22(15-20)11-5-8-17-6-3-2-4-7-17/h2-8,16,23H,9-15H2,1H3/b8-5+/t16-/m1/s1. The Kier molecular flexibility index (Phi) is 5.23. The molecule has 5 heteroatoms. The first-order valence-corrected chi connectivity index (χ1v) is 8.95. The molecule has 2 fully saturated rings. The highest BCUT2D eigenvalue weighted by atomic mass is 16.3. The molecule has 2 aliphatic rings. The van der Waals surface area contributed by atoms with Crippen LogP contribution in [0, 0.1) is 5.41 Å². The van der Waals surface area contributed by atoms with Crippen LogP contribution in [-0.4, -0.2) is 59.0 Å². The lowest BCUT2D eigenvalue weighted by molar-refractivity contribution is -0.141. The molecule has 2 heterocycles. The molecule has 0 bridgehead atoms. The minimum Gasteiger partial charge on any atom is -0.384 e. The van der Waals surface area contributed by atoms with Gasteiger partial charge in [-0.1, -0.05) is 42.5 Å². The van der Waals surface area contributed by atoms with Gasteiger partial charge in [0.2, 0.25) is 5.91 Å². The molecule has 0 saturated carbocycles. The third-order valence-corrected chi connectivity index (χ3v) is 5.33. The van der Waals surface area contributed by atoms with Gasteiger partial charge in [0.1, 0.15) is 6.10 Å². The monoisotopic (exact) mass is 342 g/mol. The summed E-state index contributed by atoms with van der Waals surface area (Å²) in [6.07, 6.45) is 5.37. The first-order chi connectivity index (χ1) is 12.0. The first kappa shape index (κ1) is 17.7. The molecule has 3 rings (SSSR count). The molecule has 0 aromatic heterocycles. The normalized spacial score (nSPS) is 21.3. The largest absolute Gasteiger partial charge is 0.384 e. The zero-order valence-electron chi connectivity index (χ0n) is 14.7. The molecule has 134 valence electrons. The van der Waals surface area contributed by atoms with E-state index in [-0.39, 0.29) is 17.2 Å². The average Bonchev–Trinajstić information content (AvgIpc) is 2.91. The first-order valence-electron chi connectivity index (χ1n) is 8.95. The van der Waals surface area contributed by atoms with E-state index in [1.54, 1.807) is 4.90 Å². The molecular weight excluding hydrogens is 316 g/mol. The van der Waals surface area contributed by atoms with E-state index in [2.05, 4.69) is 0 Å². The van der Waals surface area contributed by atoms with Crippen LogP contribution in [0.15, 0.2) is 36.4 Å². The molecular formula is C20H26N2O3. The van der Waals surface area contributed by atoms with Crippen LogP contribution in [0.3, 0.4) is 0 Å². The van der Waals surface area contributed by atoms with Gasteiger partial charge in [0.25, 0.3) is 5.91 Å². The van der Waals surface area contributed by atoms with Gasteiger partial charge < -0.3 is 14.9 Å². The van der Waals surface area contributed by atoms with Crippen LogP contribution in [-0.2, 0) is 9.59 Å². The average molecular weight is 342 g/mol. The van der Waals surface area contributed by atoms with Crippen LogP contribution in [0.2, 0.25) is 0 Å². The van der Waals surface area contributed by atoms with Gasteiger partial charge in [-0.3, -0.25) is 9.59 Å². The zero-order valence-corrected chi connectivity index (χ0v) is 14.7. The molecule has 1 N–H and O–H groups in total. The Bertz CT molecular complexity index is 646. The molecule has 25 heavy (non-hydrogen) atoms. The number of rotatable bonds is 4. The van der Waals surface area contributed by atoms with Gasteiger partial charge in [-0.25, -0.2) is 0 Å². The van der Waals surface area contributed by atoms with E-state index in [0.717, 1.165) is 24.9 Å². The smallest absolute Gasteiger partial charge is 0.251 e. The number of likely N-dealkylation sites (tertiary alicyclic amines) is 2. The van der Waals surface area contributed by atoms with Crippen molar-refractivity contribution in [3.8, 4) is 0 Å². The molecule has 2 aliphatic heterocycles. The van der Waals surface area contributed by atoms with Crippen LogP contribution >= 0.6 is 0 Å². The van der Waals surface area contributed by atoms with Crippen molar-refractivity contribution in [2.45, 2.75) is 32.3 Å². The maximum atomic E-state index is 12.4. The van der Waals surface area contributed by atoms with Gasteiger partial charge in [-0.2, -0.15) is 0 Å². The summed E-state index contributed by atoms with van der Waals surface area (Å²) in [5.41, 5.74) is 1.13. The maximum Gasteiger partial charge on any atom is 0.251 e. The van der Waals surface area contributed by atoms with E-state index in [4.69, 9.17) is 0 Å². The Hall–Kier alpha value is -2.14. The fourth-order valence-electron chi connectivity index (χ4n) is 3.83. The second-order valence-corrected chi connectivity index (χ2v) is 7.27. The van der Waals surface area contributed by atoms with E-state index in [9.17, 15) is 14.7 Å². The lowest BCUT2D eigenvalue weighted by Gasteiger charge is -2.39. The molecule has 1 aromatic rings. The molecule has 0 aliphatic carbocycles. The van der Waals surface area contributed by atoms with Gasteiger partial charge in [0, 0.05) is 38.0 Å². The lowest BCUT2D eigenvalue weighted by atomic mass is 9.77. The molecule has 0 unspecified atom stereocenters. The maximum absolute atomic E-state index is 12.4. The molecule has 1 aromatic carbocycles. The molecule has 1 atom stereocenters. The number of hydrogen-bond donors (Lipinski definition) is 1. The molecule has 2 amide bonds. The highest BCUT2D eigenvalue weighted by molar-refractivity contribution is 5.81. The van der Waals surface area contributed by atoms with Crippen LogP contribution in [0.25, 0.3) is 6.08 Å². The number of benzene rings is 1. The van der Waals surface area contributed by atoms with Crippen LogP contribution in [0.5, 0.6) is 0 Å². The number of aliphatic hydroxyl groups excluding tert-OH is 1. The summed E-state index contributed by atoms with van der Waals surface area (Å²) in [7, 11) is 0. The summed E-state index contributed by atoms with van der Waals surface area (Å²) >= 11 is 0. The third kappa shape index (κ3) is 4.10. The number of hydrogen-bond acceptors (Lipinski definition) is 3. The van der Waals surface area contributed by atoms with Gasteiger partial charge in [-0.15, -0.1) is 0 Å². The molecule has 0 radical (unpaired) electrons. The number of piperidine rings is 1. The van der Waals surface area contributed by atoms with E-state index >= 15 is 0 Å². The highest BCUT2D eigenvalue weighted by Gasteiger charge is 2.45. The Morgan fingerprint density at radius 3 is 2.60 bits per heavy atom. The minimum absolute atomic E-state index is 0.00680. The Labute approximate surface area is 148 Å². The summed E-state index contributed by atoms with van der Waals surface area (Å²) in [6, 6.07) is 10.1. The predicted octanol–water partition coefficient (Wildman–Crippen LogP) is 1.92. The predicted molar refractivity (Wildman–Crippen MR) is 96.6 cm³/mol. The molecule has 2 saturated heterocycles. The fourth-order valence-corrected chi connectivity index (χ4v) is 3.83. The second-order valence-electron chi connectivity index (χ2n) is 7.27. The number of aliphatic hydroxyl groups is 1. The van der Waals surface area contributed by atoms with Crippen molar-refractivity contribution in [3.05, 3.63) is 42.0 Å². The fraction of sp³-hybridized carbons (Fsp3) is 0.500. The Morgan fingerprint density at radius 2 is 1.96 bits per heavy atom. The van der Waals surface area contributed by atoms with Crippen molar-refractivity contribution in [3.63, 3.8) is 0 Å². The van der Waals surface area contributed by atoms with E-state index in [1.807, 2.05) is 47.4 Å². The zero-order chi connectivity index (χ0) is 17.9. The Balaban J connectivity index is 1.54. The van der Waals surface area contributed by atoms with Gasteiger partial charge in [0.05, 0.1) is 0 Å². The third-order valence-electron chi connectivity index (χ3n) is 5.33. The van der Waals surface area contributed by atoms with Crippen molar-refractivity contribution in [1.82, 2.24) is 9.80 Å².